The SMILES string of the molecule is Cc1nsc(NCCOc2cccc(C(F)(F)F)c2)n1. The minimum atomic E-state index is -4.36. The quantitative estimate of drug-likeness (QED) is 0.860. The summed E-state index contributed by atoms with van der Waals surface area (Å²) >= 11 is 1.23. The number of ether oxygens (including phenoxy) is 1. The third kappa shape index (κ3) is 4.09. The molecule has 20 heavy (non-hydrogen) atoms. The fourth-order valence-electron chi connectivity index (χ4n) is 1.46. The fraction of sp³-hybridized carbons (Fsp3) is 0.333. The first kappa shape index (κ1) is 14.6. The van der Waals surface area contributed by atoms with Crippen LogP contribution in [0.25, 0.3) is 0 Å². The van der Waals surface area contributed by atoms with E-state index >= 15 is 0 Å². The molecule has 0 radical (unpaired) electrons. The van der Waals surface area contributed by atoms with Crippen molar-refractivity contribution in [2.45, 2.75) is 13.1 Å². The summed E-state index contributed by atoms with van der Waals surface area (Å²) in [5, 5.41) is 3.64. The molecule has 0 aliphatic carbocycles. The second kappa shape index (κ2) is 6.08. The van der Waals surface area contributed by atoms with Crippen LogP contribution in [-0.4, -0.2) is 22.5 Å². The van der Waals surface area contributed by atoms with Gasteiger partial charge >= 0.3 is 6.18 Å². The summed E-state index contributed by atoms with van der Waals surface area (Å²) in [6.07, 6.45) is -4.36. The third-order valence-corrected chi connectivity index (χ3v) is 3.10. The second-order valence-electron chi connectivity index (χ2n) is 3.95. The lowest BCUT2D eigenvalue weighted by molar-refractivity contribution is -0.137. The second-order valence-corrected chi connectivity index (χ2v) is 4.70. The molecule has 0 bridgehead atoms. The third-order valence-electron chi connectivity index (χ3n) is 2.34. The van der Waals surface area contributed by atoms with Crippen molar-refractivity contribution >= 4 is 16.7 Å². The van der Waals surface area contributed by atoms with Crippen LogP contribution in [0, 0.1) is 6.92 Å². The van der Waals surface area contributed by atoms with Gasteiger partial charge in [-0.05, 0) is 25.1 Å². The molecule has 108 valence electrons. The molecule has 0 atom stereocenters. The van der Waals surface area contributed by atoms with Gasteiger partial charge in [0.05, 0.1) is 12.1 Å². The molecule has 2 rings (SSSR count). The molecule has 0 unspecified atom stereocenters. The van der Waals surface area contributed by atoms with Crippen molar-refractivity contribution in [2.24, 2.45) is 0 Å². The average molecular weight is 303 g/mol. The summed E-state index contributed by atoms with van der Waals surface area (Å²) in [6.45, 7) is 2.45. The highest BCUT2D eigenvalue weighted by molar-refractivity contribution is 7.09. The number of halogens is 3. The van der Waals surface area contributed by atoms with Crippen LogP contribution < -0.4 is 10.1 Å². The van der Waals surface area contributed by atoms with Crippen LogP contribution in [0.15, 0.2) is 24.3 Å². The highest BCUT2D eigenvalue weighted by Gasteiger charge is 2.30. The largest absolute Gasteiger partial charge is 0.492 e. The van der Waals surface area contributed by atoms with Gasteiger partial charge in [-0.1, -0.05) is 6.07 Å². The number of aryl methyl sites for hydroxylation is 1. The Kier molecular flexibility index (Phi) is 4.43. The zero-order valence-electron chi connectivity index (χ0n) is 10.6. The smallest absolute Gasteiger partial charge is 0.416 e. The number of aromatic nitrogens is 2. The summed E-state index contributed by atoms with van der Waals surface area (Å²) in [6, 6.07) is 4.80. The van der Waals surface area contributed by atoms with Gasteiger partial charge in [-0.15, -0.1) is 0 Å². The number of hydrogen-bond acceptors (Lipinski definition) is 5. The maximum atomic E-state index is 12.5. The van der Waals surface area contributed by atoms with Crippen molar-refractivity contribution < 1.29 is 17.9 Å². The van der Waals surface area contributed by atoms with E-state index in [-0.39, 0.29) is 12.4 Å². The number of anilines is 1. The minimum absolute atomic E-state index is 0.190. The fourth-order valence-corrected chi connectivity index (χ4v) is 2.06. The highest BCUT2D eigenvalue weighted by Crippen LogP contribution is 2.31. The van der Waals surface area contributed by atoms with Crippen molar-refractivity contribution in [3.8, 4) is 5.75 Å². The molecule has 0 saturated heterocycles. The lowest BCUT2D eigenvalue weighted by Crippen LogP contribution is -2.12. The summed E-state index contributed by atoms with van der Waals surface area (Å²) < 4.78 is 46.8. The van der Waals surface area contributed by atoms with E-state index < -0.39 is 11.7 Å². The normalized spacial score (nSPS) is 11.4. The first-order chi connectivity index (χ1) is 9.45. The summed E-state index contributed by atoms with van der Waals surface area (Å²) in [4.78, 5) is 4.09. The van der Waals surface area contributed by atoms with Gasteiger partial charge in [-0.3, -0.25) is 0 Å². The van der Waals surface area contributed by atoms with Gasteiger partial charge in [-0.25, -0.2) is 4.98 Å². The lowest BCUT2D eigenvalue weighted by atomic mass is 10.2. The van der Waals surface area contributed by atoms with E-state index in [1.165, 1.54) is 23.7 Å². The maximum Gasteiger partial charge on any atom is 0.416 e. The molecule has 1 N–H and O–H groups in total. The molecule has 0 aliphatic heterocycles. The first-order valence-electron chi connectivity index (χ1n) is 5.79. The molecular weight excluding hydrogens is 291 g/mol. The lowest BCUT2D eigenvalue weighted by Gasteiger charge is -2.10. The van der Waals surface area contributed by atoms with Crippen molar-refractivity contribution in [1.82, 2.24) is 9.36 Å². The van der Waals surface area contributed by atoms with E-state index in [1.807, 2.05) is 0 Å². The number of nitrogens with one attached hydrogen (secondary N) is 1. The molecule has 0 spiro atoms. The van der Waals surface area contributed by atoms with Crippen molar-refractivity contribution in [2.75, 3.05) is 18.5 Å². The van der Waals surface area contributed by atoms with Crippen LogP contribution in [-0.2, 0) is 6.18 Å². The molecule has 0 aliphatic rings. The van der Waals surface area contributed by atoms with Gasteiger partial charge in [0.25, 0.3) is 0 Å². The Morgan fingerprint density at radius 1 is 1.35 bits per heavy atom. The molecule has 0 amide bonds. The zero-order valence-corrected chi connectivity index (χ0v) is 11.4. The Morgan fingerprint density at radius 2 is 2.15 bits per heavy atom. The van der Waals surface area contributed by atoms with Crippen molar-refractivity contribution in [3.05, 3.63) is 35.7 Å². The van der Waals surface area contributed by atoms with Gasteiger partial charge < -0.3 is 10.1 Å². The van der Waals surface area contributed by atoms with Crippen LogP contribution in [0.1, 0.15) is 11.4 Å². The predicted octanol–water partition coefficient (Wildman–Crippen LogP) is 3.36. The molecule has 8 heteroatoms. The highest BCUT2D eigenvalue weighted by atomic mass is 32.1. The summed E-state index contributed by atoms with van der Waals surface area (Å²) in [5.74, 6) is 0.867. The maximum absolute atomic E-state index is 12.5. The van der Waals surface area contributed by atoms with Crippen LogP contribution in [0.3, 0.4) is 0 Å². The number of rotatable bonds is 5. The minimum Gasteiger partial charge on any atom is -0.492 e. The van der Waals surface area contributed by atoms with E-state index in [2.05, 4.69) is 14.7 Å². The molecule has 1 heterocycles. The van der Waals surface area contributed by atoms with E-state index in [9.17, 15) is 13.2 Å². The van der Waals surface area contributed by atoms with E-state index in [0.717, 1.165) is 12.1 Å². The topological polar surface area (TPSA) is 47.0 Å². The van der Waals surface area contributed by atoms with Gasteiger partial charge in [0, 0.05) is 11.5 Å². The van der Waals surface area contributed by atoms with Crippen LogP contribution in [0.2, 0.25) is 0 Å². The average Bonchev–Trinajstić information content (AvgIpc) is 2.80. The Hall–Kier alpha value is -1.83. The monoisotopic (exact) mass is 303 g/mol. The van der Waals surface area contributed by atoms with Gasteiger partial charge in [0.1, 0.15) is 18.2 Å². The number of hydrogen-bond donors (Lipinski definition) is 1. The molecule has 2 aromatic rings. The molecular formula is C12H12F3N3OS. The molecule has 4 nitrogen and oxygen atoms in total. The molecule has 1 aromatic carbocycles. The summed E-state index contributed by atoms with van der Waals surface area (Å²) in [7, 11) is 0. The van der Waals surface area contributed by atoms with E-state index in [1.54, 1.807) is 6.92 Å². The summed E-state index contributed by atoms with van der Waals surface area (Å²) in [5.41, 5.74) is -0.720. The van der Waals surface area contributed by atoms with Gasteiger partial charge in [-0.2, -0.15) is 17.5 Å². The first-order valence-corrected chi connectivity index (χ1v) is 6.57. The van der Waals surface area contributed by atoms with E-state index in [4.69, 9.17) is 4.74 Å². The van der Waals surface area contributed by atoms with Crippen LogP contribution in [0.4, 0.5) is 18.3 Å². The number of alkyl halides is 3. The van der Waals surface area contributed by atoms with Crippen molar-refractivity contribution in [1.29, 1.82) is 0 Å². The number of benzene rings is 1. The van der Waals surface area contributed by atoms with E-state index in [0.29, 0.717) is 17.5 Å². The Bertz CT molecular complexity index is 571. The van der Waals surface area contributed by atoms with Crippen LogP contribution in [0.5, 0.6) is 5.75 Å². The number of nitrogens with zero attached hydrogens (tertiary/aromatic N) is 2. The predicted molar refractivity (Wildman–Crippen MR) is 70.1 cm³/mol. The molecule has 0 fully saturated rings. The van der Waals surface area contributed by atoms with Crippen molar-refractivity contribution in [3.63, 3.8) is 0 Å². The Labute approximate surface area is 117 Å². The molecule has 1 aromatic heterocycles. The standard InChI is InChI=1S/C12H12F3N3OS/c1-8-17-11(20-18-8)16-5-6-19-10-4-2-3-9(7-10)12(13,14)15/h2-4,7H,5-6H2,1H3,(H,16,17,18). The zero-order chi connectivity index (χ0) is 14.6. The van der Waals surface area contributed by atoms with Crippen LogP contribution >= 0.6 is 11.5 Å². The van der Waals surface area contributed by atoms with Gasteiger partial charge in [0.2, 0.25) is 5.13 Å². The van der Waals surface area contributed by atoms with Gasteiger partial charge in [0.15, 0.2) is 0 Å². The molecule has 0 saturated carbocycles. The Morgan fingerprint density at radius 3 is 2.80 bits per heavy atom. The Balaban J connectivity index is 1.82.